The van der Waals surface area contributed by atoms with E-state index in [9.17, 15) is 14.4 Å². The Balaban J connectivity index is 3.18. The maximum Gasteiger partial charge on any atom is 0.310 e. The number of hydrogen-bond donors (Lipinski definition) is 1. The summed E-state index contributed by atoms with van der Waals surface area (Å²) in [4.78, 5) is 37.1. The molecule has 1 amide bonds. The lowest BCUT2D eigenvalue weighted by Gasteiger charge is -2.36. The van der Waals surface area contributed by atoms with Gasteiger partial charge < -0.3 is 19.7 Å². The van der Waals surface area contributed by atoms with Crippen LogP contribution < -0.4 is 10.2 Å². The van der Waals surface area contributed by atoms with Gasteiger partial charge in [0.05, 0.1) is 11.8 Å². The van der Waals surface area contributed by atoms with Crippen LogP contribution in [0, 0.1) is 11.8 Å². The smallest absolute Gasteiger partial charge is 0.310 e. The van der Waals surface area contributed by atoms with E-state index < -0.39 is 12.5 Å². The molecule has 0 spiro atoms. The summed E-state index contributed by atoms with van der Waals surface area (Å²) < 4.78 is 11.0. The number of carbonyl (C=O) groups excluding carboxylic acids is 3. The van der Waals surface area contributed by atoms with Crippen LogP contribution in [0.15, 0.2) is 24.3 Å². The van der Waals surface area contributed by atoms with Gasteiger partial charge in [-0.1, -0.05) is 33.8 Å². The molecule has 0 aliphatic rings. The molecular formula is C20H30N2O5. The third-order valence-electron chi connectivity index (χ3n) is 3.76. The molecule has 0 heterocycles. The standard InChI is InChI=1S/C20H30N2O5/c1-12(2)19(24)26-15(6)22(16(7)27-20(25)13(3)4)18-10-8-9-17(11-18)21-14(5)23/h8-13,15-16H,1-7H3,(H,21,23). The predicted molar refractivity (Wildman–Crippen MR) is 104 cm³/mol. The molecule has 0 radical (unpaired) electrons. The fourth-order valence-corrected chi connectivity index (χ4v) is 2.38. The number of amides is 1. The molecule has 1 N–H and O–H groups in total. The lowest BCUT2D eigenvalue weighted by Crippen LogP contribution is -2.46. The van der Waals surface area contributed by atoms with Crippen molar-refractivity contribution in [3.05, 3.63) is 24.3 Å². The molecule has 1 rings (SSSR count). The predicted octanol–water partition coefficient (Wildman–Crippen LogP) is 3.54. The topological polar surface area (TPSA) is 84.9 Å². The van der Waals surface area contributed by atoms with Crippen molar-refractivity contribution in [3.8, 4) is 0 Å². The third-order valence-corrected chi connectivity index (χ3v) is 3.76. The van der Waals surface area contributed by atoms with E-state index in [1.54, 1.807) is 70.7 Å². The Bertz CT molecular complexity index is 644. The van der Waals surface area contributed by atoms with E-state index in [4.69, 9.17) is 9.47 Å². The second kappa shape index (κ2) is 9.94. The van der Waals surface area contributed by atoms with Crippen LogP contribution in [0.2, 0.25) is 0 Å². The number of ether oxygens (including phenoxy) is 2. The van der Waals surface area contributed by atoms with Crippen molar-refractivity contribution in [1.29, 1.82) is 0 Å². The van der Waals surface area contributed by atoms with E-state index in [1.807, 2.05) is 0 Å². The summed E-state index contributed by atoms with van der Waals surface area (Å²) in [6.45, 7) is 11.8. The molecule has 2 atom stereocenters. The molecule has 0 saturated heterocycles. The zero-order valence-electron chi connectivity index (χ0n) is 17.1. The van der Waals surface area contributed by atoms with Crippen molar-refractivity contribution in [2.75, 3.05) is 10.2 Å². The van der Waals surface area contributed by atoms with Gasteiger partial charge >= 0.3 is 11.9 Å². The first-order valence-electron chi connectivity index (χ1n) is 9.09. The third kappa shape index (κ3) is 6.92. The summed E-state index contributed by atoms with van der Waals surface area (Å²) in [6.07, 6.45) is -1.36. The number of rotatable bonds is 8. The van der Waals surface area contributed by atoms with Crippen molar-refractivity contribution >= 4 is 29.2 Å². The van der Waals surface area contributed by atoms with E-state index in [-0.39, 0.29) is 29.7 Å². The molecule has 7 nitrogen and oxygen atoms in total. The molecule has 1 aromatic carbocycles. The van der Waals surface area contributed by atoms with Gasteiger partial charge in [-0.2, -0.15) is 0 Å². The molecule has 27 heavy (non-hydrogen) atoms. The average molecular weight is 378 g/mol. The van der Waals surface area contributed by atoms with Gasteiger partial charge in [0, 0.05) is 18.3 Å². The maximum absolute atomic E-state index is 12.0. The van der Waals surface area contributed by atoms with Crippen LogP contribution in [0.1, 0.15) is 48.5 Å². The normalized spacial score (nSPS) is 13.1. The zero-order valence-corrected chi connectivity index (χ0v) is 17.1. The van der Waals surface area contributed by atoms with Crippen LogP contribution in [-0.2, 0) is 23.9 Å². The highest BCUT2D eigenvalue weighted by atomic mass is 16.6. The monoisotopic (exact) mass is 378 g/mol. The fraction of sp³-hybridized carbons (Fsp3) is 0.550. The number of nitrogens with zero attached hydrogens (tertiary/aromatic N) is 1. The first-order chi connectivity index (χ1) is 12.5. The molecule has 150 valence electrons. The molecule has 0 aliphatic carbocycles. The van der Waals surface area contributed by atoms with Gasteiger partial charge in [-0.05, 0) is 32.0 Å². The Morgan fingerprint density at radius 2 is 1.37 bits per heavy atom. The molecule has 7 heteroatoms. The Morgan fingerprint density at radius 3 is 1.78 bits per heavy atom. The number of benzene rings is 1. The van der Waals surface area contributed by atoms with Gasteiger partial charge in [0.15, 0.2) is 12.5 Å². The Kier molecular flexibility index (Phi) is 8.28. The second-order valence-corrected chi connectivity index (χ2v) is 7.02. The first kappa shape index (κ1) is 22.5. The minimum Gasteiger partial charge on any atom is -0.442 e. The Labute approximate surface area is 161 Å². The number of hydrogen-bond acceptors (Lipinski definition) is 6. The summed E-state index contributed by atoms with van der Waals surface area (Å²) >= 11 is 0. The summed E-state index contributed by atoms with van der Waals surface area (Å²) in [5.41, 5.74) is 1.24. The summed E-state index contributed by atoms with van der Waals surface area (Å²) in [5.74, 6) is -1.47. The highest BCUT2D eigenvalue weighted by molar-refractivity contribution is 5.89. The van der Waals surface area contributed by atoms with Crippen LogP contribution in [0.25, 0.3) is 0 Å². The highest BCUT2D eigenvalue weighted by Crippen LogP contribution is 2.25. The molecule has 0 fully saturated rings. The van der Waals surface area contributed by atoms with Gasteiger partial charge in [-0.15, -0.1) is 0 Å². The SMILES string of the molecule is CC(=O)Nc1cccc(N(C(C)OC(=O)C(C)C)C(C)OC(=O)C(C)C)c1. The lowest BCUT2D eigenvalue weighted by molar-refractivity contribution is -0.157. The van der Waals surface area contributed by atoms with Crippen molar-refractivity contribution in [2.45, 2.75) is 60.9 Å². The minimum absolute atomic E-state index is 0.197. The van der Waals surface area contributed by atoms with Crippen LogP contribution >= 0.6 is 0 Å². The van der Waals surface area contributed by atoms with E-state index in [0.717, 1.165) is 0 Å². The van der Waals surface area contributed by atoms with Crippen LogP contribution in [0.4, 0.5) is 11.4 Å². The summed E-state index contributed by atoms with van der Waals surface area (Å²) in [7, 11) is 0. The molecule has 0 aromatic heterocycles. The van der Waals surface area contributed by atoms with Crippen molar-refractivity contribution < 1.29 is 23.9 Å². The van der Waals surface area contributed by atoms with Crippen molar-refractivity contribution in [2.24, 2.45) is 11.8 Å². The Hall–Kier alpha value is -2.57. The van der Waals surface area contributed by atoms with Crippen LogP contribution in [-0.4, -0.2) is 30.3 Å². The summed E-state index contributed by atoms with van der Waals surface area (Å²) in [5, 5.41) is 2.71. The fourth-order valence-electron chi connectivity index (χ4n) is 2.38. The molecule has 0 saturated carbocycles. The lowest BCUT2D eigenvalue weighted by atomic mass is 10.2. The first-order valence-corrected chi connectivity index (χ1v) is 9.09. The quantitative estimate of drug-likeness (QED) is 0.550. The van der Waals surface area contributed by atoms with E-state index in [1.165, 1.54) is 6.92 Å². The molecule has 0 aliphatic heterocycles. The zero-order chi connectivity index (χ0) is 20.7. The number of nitrogens with one attached hydrogen (secondary N) is 1. The van der Waals surface area contributed by atoms with Crippen LogP contribution in [0.3, 0.4) is 0 Å². The van der Waals surface area contributed by atoms with Crippen LogP contribution in [0.5, 0.6) is 0 Å². The molecule has 0 bridgehead atoms. The number of carbonyl (C=O) groups is 3. The molecule has 1 aromatic rings. The molecular weight excluding hydrogens is 348 g/mol. The number of esters is 2. The second-order valence-electron chi connectivity index (χ2n) is 7.02. The molecule has 2 unspecified atom stereocenters. The Morgan fingerprint density at radius 1 is 0.889 bits per heavy atom. The average Bonchev–Trinajstić information content (AvgIpc) is 2.54. The van der Waals surface area contributed by atoms with Gasteiger partial charge in [0.2, 0.25) is 5.91 Å². The van der Waals surface area contributed by atoms with Gasteiger partial charge in [0.25, 0.3) is 0 Å². The van der Waals surface area contributed by atoms with Crippen molar-refractivity contribution in [1.82, 2.24) is 0 Å². The maximum atomic E-state index is 12.0. The van der Waals surface area contributed by atoms with E-state index in [0.29, 0.717) is 11.4 Å². The van der Waals surface area contributed by atoms with Gasteiger partial charge in [0.1, 0.15) is 0 Å². The minimum atomic E-state index is -0.678. The van der Waals surface area contributed by atoms with E-state index >= 15 is 0 Å². The van der Waals surface area contributed by atoms with Crippen molar-refractivity contribution in [3.63, 3.8) is 0 Å². The van der Waals surface area contributed by atoms with E-state index in [2.05, 4.69) is 5.32 Å². The van der Waals surface area contributed by atoms with Gasteiger partial charge in [-0.3, -0.25) is 14.4 Å². The number of anilines is 2. The largest absolute Gasteiger partial charge is 0.442 e. The van der Waals surface area contributed by atoms with Gasteiger partial charge in [-0.25, -0.2) is 0 Å². The summed E-state index contributed by atoms with van der Waals surface area (Å²) in [6, 6.07) is 7.05. The highest BCUT2D eigenvalue weighted by Gasteiger charge is 2.28.